The molecule has 1 saturated heterocycles. The number of carbonyl (C=O) groups is 1. The summed E-state index contributed by atoms with van der Waals surface area (Å²) < 4.78 is 19.2. The normalized spacial score (nSPS) is 22.2. The number of aromatic nitrogens is 2. The Labute approximate surface area is 201 Å². The van der Waals surface area contributed by atoms with Crippen molar-refractivity contribution in [3.63, 3.8) is 0 Å². The number of amides is 1. The maximum atomic E-state index is 13.9. The zero-order valence-corrected chi connectivity index (χ0v) is 20.1. The maximum Gasteiger partial charge on any atom is 0.263 e. The van der Waals surface area contributed by atoms with Crippen molar-refractivity contribution in [2.45, 2.75) is 38.3 Å². The fourth-order valence-electron chi connectivity index (χ4n) is 4.90. The van der Waals surface area contributed by atoms with Crippen LogP contribution in [-0.2, 0) is 17.6 Å². The van der Waals surface area contributed by atoms with Gasteiger partial charge in [0.05, 0.1) is 18.0 Å². The van der Waals surface area contributed by atoms with Gasteiger partial charge in [-0.15, -0.1) is 11.3 Å². The fourth-order valence-corrected chi connectivity index (χ4v) is 5.92. The highest BCUT2D eigenvalue weighted by Gasteiger charge is 2.32. The highest BCUT2D eigenvalue weighted by atomic mass is 32.1. The molecule has 1 aliphatic carbocycles. The second kappa shape index (κ2) is 9.09. The molecule has 0 unspecified atom stereocenters. The third-order valence-corrected chi connectivity index (χ3v) is 7.95. The van der Waals surface area contributed by atoms with Crippen LogP contribution in [-0.4, -0.2) is 54.8 Å². The van der Waals surface area contributed by atoms with Crippen molar-refractivity contribution in [1.82, 2.24) is 15.3 Å². The fraction of sp³-hybridized carbons (Fsp3) is 0.458. The Morgan fingerprint density at radius 3 is 2.97 bits per heavy atom. The molecule has 3 aromatic rings. The number of halogens is 1. The summed E-state index contributed by atoms with van der Waals surface area (Å²) in [5.41, 5.74) is 15.2. The van der Waals surface area contributed by atoms with Gasteiger partial charge in [-0.3, -0.25) is 4.79 Å². The van der Waals surface area contributed by atoms with Crippen molar-refractivity contribution >= 4 is 39.0 Å². The van der Waals surface area contributed by atoms with E-state index in [1.54, 1.807) is 14.0 Å². The van der Waals surface area contributed by atoms with Gasteiger partial charge in [-0.05, 0) is 43.9 Å². The molecule has 1 aliphatic heterocycles. The average molecular weight is 485 g/mol. The first-order valence-corrected chi connectivity index (χ1v) is 12.3. The molecule has 5 N–H and O–H groups in total. The van der Waals surface area contributed by atoms with Crippen molar-refractivity contribution in [1.29, 1.82) is 0 Å². The Hall–Kier alpha value is -2.82. The van der Waals surface area contributed by atoms with Gasteiger partial charge in [-0.25, -0.2) is 14.4 Å². The number of fused-ring (bicyclic) bond motifs is 2. The van der Waals surface area contributed by atoms with Gasteiger partial charge in [0, 0.05) is 49.3 Å². The van der Waals surface area contributed by atoms with E-state index < -0.39 is 5.82 Å². The Bertz CT molecular complexity index is 1250. The number of pyridine rings is 2. The molecule has 34 heavy (non-hydrogen) atoms. The summed E-state index contributed by atoms with van der Waals surface area (Å²) in [6.45, 7) is 3.86. The number of rotatable bonds is 5. The number of nitrogens with zero attached hydrogens (tertiary/aromatic N) is 3. The van der Waals surface area contributed by atoms with E-state index in [0.29, 0.717) is 39.7 Å². The lowest BCUT2D eigenvalue weighted by Crippen LogP contribution is -2.39. The van der Waals surface area contributed by atoms with Crippen LogP contribution in [0.5, 0.6) is 0 Å². The molecule has 4 heterocycles. The highest BCUT2D eigenvalue weighted by molar-refractivity contribution is 7.21. The second-order valence-electron chi connectivity index (χ2n) is 9.23. The van der Waals surface area contributed by atoms with Crippen LogP contribution in [0.15, 0.2) is 18.2 Å². The van der Waals surface area contributed by atoms with Crippen molar-refractivity contribution in [2.75, 3.05) is 37.4 Å². The first kappa shape index (κ1) is 22.9. The smallest absolute Gasteiger partial charge is 0.263 e. The molecule has 0 spiro atoms. The molecular weight excluding hydrogens is 455 g/mol. The van der Waals surface area contributed by atoms with Crippen molar-refractivity contribution in [3.05, 3.63) is 45.8 Å². The Morgan fingerprint density at radius 2 is 2.18 bits per heavy atom. The van der Waals surface area contributed by atoms with Crippen molar-refractivity contribution in [3.8, 4) is 0 Å². The molecule has 0 saturated carbocycles. The SMILES string of the molecule is COC[C@@H]1CN(c2ccc3c(n2)CC[C@H](NC(=O)c2sc4nc(C)c(F)cc4c2N)C3)C[C@@H]1N. The molecule has 0 aromatic carbocycles. The number of thiophene rings is 1. The molecule has 0 radical (unpaired) electrons. The lowest BCUT2D eigenvalue weighted by Gasteiger charge is -2.26. The highest BCUT2D eigenvalue weighted by Crippen LogP contribution is 2.34. The summed E-state index contributed by atoms with van der Waals surface area (Å²) in [5, 5.41) is 3.59. The Balaban J connectivity index is 1.27. The van der Waals surface area contributed by atoms with E-state index in [-0.39, 0.29) is 23.7 Å². The van der Waals surface area contributed by atoms with Crippen LogP contribution in [0.25, 0.3) is 10.2 Å². The summed E-state index contributed by atoms with van der Waals surface area (Å²) in [6, 6.07) is 5.56. The van der Waals surface area contributed by atoms with E-state index in [4.69, 9.17) is 21.2 Å². The molecule has 3 aromatic heterocycles. The summed E-state index contributed by atoms with van der Waals surface area (Å²) in [5.74, 6) is 0.583. The molecule has 2 aliphatic rings. The average Bonchev–Trinajstić information content (AvgIpc) is 3.34. The number of ether oxygens (including phenoxy) is 1. The number of hydrogen-bond donors (Lipinski definition) is 3. The minimum atomic E-state index is -0.426. The standard InChI is InChI=1S/C24H29FN6O2S/c1-12-17(25)8-16-21(27)22(34-24(16)28-12)23(32)29-15-4-5-19-13(7-15)3-6-20(30-19)31-9-14(11-33-2)18(26)10-31/h3,6,8,14-15,18H,4-5,7,9-11,26-27H2,1-2H3,(H,29,32)/t14-,15-,18-/m0/s1. The van der Waals surface area contributed by atoms with Gasteiger partial charge in [-0.2, -0.15) is 0 Å². The third kappa shape index (κ3) is 4.21. The molecule has 0 bridgehead atoms. The van der Waals surface area contributed by atoms with E-state index in [1.807, 2.05) is 6.07 Å². The van der Waals surface area contributed by atoms with Crippen molar-refractivity contribution < 1.29 is 13.9 Å². The van der Waals surface area contributed by atoms with Gasteiger partial charge < -0.3 is 26.4 Å². The third-order valence-electron chi connectivity index (χ3n) is 6.84. The number of methoxy groups -OCH3 is 1. The Kier molecular flexibility index (Phi) is 6.13. The molecule has 8 nitrogen and oxygen atoms in total. The molecule has 5 rings (SSSR count). The van der Waals surface area contributed by atoms with Crippen LogP contribution < -0.4 is 21.7 Å². The maximum absolute atomic E-state index is 13.9. The van der Waals surface area contributed by atoms with Crippen molar-refractivity contribution in [2.24, 2.45) is 11.7 Å². The number of anilines is 2. The largest absolute Gasteiger partial charge is 0.397 e. The number of carbonyl (C=O) groups excluding carboxylic acids is 1. The summed E-state index contributed by atoms with van der Waals surface area (Å²) >= 11 is 1.20. The minimum absolute atomic E-state index is 0.0185. The number of nitrogens with one attached hydrogen (secondary N) is 1. The quantitative estimate of drug-likeness (QED) is 0.509. The summed E-state index contributed by atoms with van der Waals surface area (Å²) in [6.07, 6.45) is 2.28. The zero-order valence-electron chi connectivity index (χ0n) is 19.3. The van der Waals surface area contributed by atoms with Crippen LogP contribution in [0.3, 0.4) is 0 Å². The first-order valence-electron chi connectivity index (χ1n) is 11.5. The van der Waals surface area contributed by atoms with Gasteiger partial charge in [0.2, 0.25) is 0 Å². The predicted molar refractivity (Wildman–Crippen MR) is 132 cm³/mol. The lowest BCUT2D eigenvalue weighted by atomic mass is 9.91. The van der Waals surface area contributed by atoms with Crippen LogP contribution in [0.4, 0.5) is 15.9 Å². The van der Waals surface area contributed by atoms with Crippen LogP contribution in [0.2, 0.25) is 0 Å². The van der Waals surface area contributed by atoms with E-state index in [9.17, 15) is 9.18 Å². The predicted octanol–water partition coefficient (Wildman–Crippen LogP) is 2.42. The van der Waals surface area contributed by atoms with Gasteiger partial charge >= 0.3 is 0 Å². The topological polar surface area (TPSA) is 119 Å². The first-order chi connectivity index (χ1) is 16.3. The Morgan fingerprint density at radius 1 is 1.35 bits per heavy atom. The molecule has 1 amide bonds. The molecule has 10 heteroatoms. The zero-order chi connectivity index (χ0) is 24.0. The summed E-state index contributed by atoms with van der Waals surface area (Å²) in [4.78, 5) is 25.3. The monoisotopic (exact) mass is 484 g/mol. The van der Waals surface area contributed by atoms with E-state index in [1.165, 1.54) is 17.4 Å². The van der Waals surface area contributed by atoms with Crippen LogP contribution >= 0.6 is 11.3 Å². The summed E-state index contributed by atoms with van der Waals surface area (Å²) in [7, 11) is 1.70. The van der Waals surface area contributed by atoms with Gasteiger partial charge in [-0.1, -0.05) is 6.07 Å². The van der Waals surface area contributed by atoms with Gasteiger partial charge in [0.25, 0.3) is 5.91 Å². The van der Waals surface area contributed by atoms with Crippen LogP contribution in [0, 0.1) is 18.7 Å². The lowest BCUT2D eigenvalue weighted by molar-refractivity contribution is 0.0938. The van der Waals surface area contributed by atoms with E-state index in [2.05, 4.69) is 21.3 Å². The van der Waals surface area contributed by atoms with E-state index in [0.717, 1.165) is 43.0 Å². The van der Waals surface area contributed by atoms with Gasteiger partial charge in [0.1, 0.15) is 21.3 Å². The molecule has 3 atom stereocenters. The molecular formula is C24H29FN6O2S. The second-order valence-corrected chi connectivity index (χ2v) is 10.2. The minimum Gasteiger partial charge on any atom is -0.397 e. The van der Waals surface area contributed by atoms with Crippen LogP contribution in [0.1, 0.15) is 33.0 Å². The van der Waals surface area contributed by atoms with Gasteiger partial charge in [0.15, 0.2) is 0 Å². The number of nitrogens with two attached hydrogens (primary N) is 2. The number of nitrogen functional groups attached to an aromatic ring is 1. The number of aryl methyl sites for hydroxylation is 2. The number of hydrogen-bond acceptors (Lipinski definition) is 8. The molecule has 1 fully saturated rings. The molecule has 180 valence electrons. The van der Waals surface area contributed by atoms with E-state index >= 15 is 0 Å².